The average molecular weight is 218 g/mol. The summed E-state index contributed by atoms with van der Waals surface area (Å²) in [6, 6.07) is 3.39. The standard InChI is InChI=1S/C11H10N2O3/c1-7-4-9(13-6-12-7)11-8(2-3-16-11)5-10(14)15/h2-4,6H,5H2,1H3,(H,14,15). The third kappa shape index (κ3) is 2.08. The second-order valence-electron chi connectivity index (χ2n) is 3.39. The van der Waals surface area contributed by atoms with Crippen LogP contribution in [0.5, 0.6) is 0 Å². The van der Waals surface area contributed by atoms with E-state index in [1.54, 1.807) is 12.1 Å². The Labute approximate surface area is 91.8 Å². The summed E-state index contributed by atoms with van der Waals surface area (Å²) in [7, 11) is 0. The van der Waals surface area contributed by atoms with Crippen LogP contribution in [0.15, 0.2) is 29.1 Å². The van der Waals surface area contributed by atoms with Crippen LogP contribution in [0, 0.1) is 6.92 Å². The summed E-state index contributed by atoms with van der Waals surface area (Å²) < 4.78 is 5.25. The molecule has 0 radical (unpaired) electrons. The molecule has 0 saturated carbocycles. The van der Waals surface area contributed by atoms with Crippen LogP contribution in [0.1, 0.15) is 11.3 Å². The fourth-order valence-electron chi connectivity index (χ4n) is 1.44. The molecular weight excluding hydrogens is 208 g/mol. The van der Waals surface area contributed by atoms with Crippen molar-refractivity contribution in [3.05, 3.63) is 36.0 Å². The molecule has 16 heavy (non-hydrogen) atoms. The third-order valence-corrected chi connectivity index (χ3v) is 2.12. The Morgan fingerprint density at radius 2 is 2.31 bits per heavy atom. The zero-order chi connectivity index (χ0) is 11.5. The molecule has 0 unspecified atom stereocenters. The lowest BCUT2D eigenvalue weighted by atomic mass is 10.1. The molecule has 0 amide bonds. The number of carbonyl (C=O) groups is 1. The summed E-state index contributed by atoms with van der Waals surface area (Å²) in [5.41, 5.74) is 2.03. The van der Waals surface area contributed by atoms with Crippen LogP contribution in [0.25, 0.3) is 11.5 Å². The van der Waals surface area contributed by atoms with Crippen LogP contribution in [-0.4, -0.2) is 21.0 Å². The first-order valence-electron chi connectivity index (χ1n) is 4.74. The predicted octanol–water partition coefficient (Wildman–Crippen LogP) is 1.67. The largest absolute Gasteiger partial charge is 0.481 e. The summed E-state index contributed by atoms with van der Waals surface area (Å²) in [5.74, 6) is -0.402. The quantitative estimate of drug-likeness (QED) is 0.847. The van der Waals surface area contributed by atoms with Crippen LogP contribution < -0.4 is 0 Å². The van der Waals surface area contributed by atoms with Gasteiger partial charge in [-0.1, -0.05) is 0 Å². The van der Waals surface area contributed by atoms with Gasteiger partial charge in [0.1, 0.15) is 12.0 Å². The minimum absolute atomic E-state index is 0.0745. The summed E-state index contributed by atoms with van der Waals surface area (Å²) in [5, 5.41) is 8.74. The molecule has 2 aromatic rings. The molecule has 0 aliphatic carbocycles. The van der Waals surface area contributed by atoms with Crippen LogP contribution in [0.3, 0.4) is 0 Å². The van der Waals surface area contributed by atoms with Gasteiger partial charge in [0.2, 0.25) is 0 Å². The van der Waals surface area contributed by atoms with E-state index in [4.69, 9.17) is 9.52 Å². The number of carboxylic acid groups (broad SMARTS) is 1. The van der Waals surface area contributed by atoms with Gasteiger partial charge in [-0.25, -0.2) is 9.97 Å². The summed E-state index contributed by atoms with van der Waals surface area (Å²) in [4.78, 5) is 18.7. The maximum atomic E-state index is 10.6. The van der Waals surface area contributed by atoms with Crippen LogP contribution in [-0.2, 0) is 11.2 Å². The fourth-order valence-corrected chi connectivity index (χ4v) is 1.44. The van der Waals surface area contributed by atoms with E-state index in [1.165, 1.54) is 12.6 Å². The molecule has 0 bridgehead atoms. The number of aliphatic carboxylic acids is 1. The number of carboxylic acids is 1. The molecule has 0 spiro atoms. The smallest absolute Gasteiger partial charge is 0.307 e. The molecule has 0 saturated heterocycles. The molecule has 5 nitrogen and oxygen atoms in total. The molecular formula is C11H10N2O3. The second kappa shape index (κ2) is 4.14. The van der Waals surface area contributed by atoms with Gasteiger partial charge in [-0.3, -0.25) is 4.79 Å². The van der Waals surface area contributed by atoms with Crippen LogP contribution in [0.2, 0.25) is 0 Å². The Hall–Kier alpha value is -2.17. The normalized spacial score (nSPS) is 10.3. The highest BCUT2D eigenvalue weighted by Gasteiger charge is 2.13. The number of furan rings is 1. The van der Waals surface area contributed by atoms with E-state index in [2.05, 4.69) is 9.97 Å². The first kappa shape index (κ1) is 10.4. The topological polar surface area (TPSA) is 76.2 Å². The van der Waals surface area contributed by atoms with Gasteiger partial charge < -0.3 is 9.52 Å². The highest BCUT2D eigenvalue weighted by Crippen LogP contribution is 2.23. The van der Waals surface area contributed by atoms with Gasteiger partial charge in [-0.2, -0.15) is 0 Å². The number of aromatic nitrogens is 2. The van der Waals surface area contributed by atoms with E-state index >= 15 is 0 Å². The van der Waals surface area contributed by atoms with Gasteiger partial charge in [-0.05, 0) is 19.1 Å². The van der Waals surface area contributed by atoms with E-state index in [9.17, 15) is 4.79 Å². The van der Waals surface area contributed by atoms with Crippen molar-refractivity contribution in [3.8, 4) is 11.5 Å². The third-order valence-electron chi connectivity index (χ3n) is 2.12. The van der Waals surface area contributed by atoms with Crippen molar-refractivity contribution in [1.29, 1.82) is 0 Å². The monoisotopic (exact) mass is 218 g/mol. The van der Waals surface area contributed by atoms with E-state index < -0.39 is 5.97 Å². The first-order chi connectivity index (χ1) is 7.66. The highest BCUT2D eigenvalue weighted by molar-refractivity contribution is 5.73. The molecule has 1 N–H and O–H groups in total. The maximum absolute atomic E-state index is 10.6. The minimum atomic E-state index is -0.895. The Morgan fingerprint density at radius 3 is 3.00 bits per heavy atom. The van der Waals surface area contributed by atoms with Crippen molar-refractivity contribution < 1.29 is 14.3 Å². The summed E-state index contributed by atoms with van der Waals surface area (Å²) >= 11 is 0. The molecule has 0 aromatic carbocycles. The van der Waals surface area contributed by atoms with Crippen molar-refractivity contribution in [3.63, 3.8) is 0 Å². The van der Waals surface area contributed by atoms with Gasteiger partial charge in [0.05, 0.1) is 12.7 Å². The lowest BCUT2D eigenvalue weighted by Gasteiger charge is -2.00. The molecule has 0 aliphatic rings. The average Bonchev–Trinajstić information content (AvgIpc) is 2.65. The molecule has 2 heterocycles. The molecule has 2 rings (SSSR count). The number of aryl methyl sites for hydroxylation is 1. The zero-order valence-electron chi connectivity index (χ0n) is 8.67. The van der Waals surface area contributed by atoms with Crippen molar-refractivity contribution in [2.24, 2.45) is 0 Å². The number of rotatable bonds is 3. The van der Waals surface area contributed by atoms with Crippen LogP contribution >= 0.6 is 0 Å². The highest BCUT2D eigenvalue weighted by atomic mass is 16.4. The van der Waals surface area contributed by atoms with Crippen LogP contribution in [0.4, 0.5) is 0 Å². The Balaban J connectivity index is 2.40. The van der Waals surface area contributed by atoms with Crippen molar-refractivity contribution in [2.45, 2.75) is 13.3 Å². The molecule has 0 atom stereocenters. The van der Waals surface area contributed by atoms with Gasteiger partial charge in [-0.15, -0.1) is 0 Å². The Bertz CT molecular complexity index is 519. The Kier molecular flexibility index (Phi) is 2.68. The zero-order valence-corrected chi connectivity index (χ0v) is 8.67. The minimum Gasteiger partial charge on any atom is -0.481 e. The molecule has 2 aromatic heterocycles. The number of hydrogen-bond acceptors (Lipinski definition) is 4. The van der Waals surface area contributed by atoms with Crippen molar-refractivity contribution in [2.75, 3.05) is 0 Å². The number of hydrogen-bond donors (Lipinski definition) is 1. The maximum Gasteiger partial charge on any atom is 0.307 e. The Morgan fingerprint density at radius 1 is 1.50 bits per heavy atom. The van der Waals surface area contributed by atoms with Gasteiger partial charge in [0.15, 0.2) is 5.76 Å². The van der Waals surface area contributed by atoms with E-state index in [0.717, 1.165) is 5.69 Å². The molecule has 0 aliphatic heterocycles. The van der Waals surface area contributed by atoms with E-state index in [0.29, 0.717) is 17.0 Å². The lowest BCUT2D eigenvalue weighted by Crippen LogP contribution is -2.00. The summed E-state index contributed by atoms with van der Waals surface area (Å²) in [6.45, 7) is 1.84. The molecule has 5 heteroatoms. The lowest BCUT2D eigenvalue weighted by molar-refractivity contribution is -0.136. The van der Waals surface area contributed by atoms with Gasteiger partial charge in [0.25, 0.3) is 0 Å². The van der Waals surface area contributed by atoms with E-state index in [1.807, 2.05) is 6.92 Å². The fraction of sp³-hybridized carbons (Fsp3) is 0.182. The number of nitrogens with zero attached hydrogens (tertiary/aromatic N) is 2. The molecule has 0 fully saturated rings. The summed E-state index contributed by atoms with van der Waals surface area (Å²) in [6.07, 6.45) is 2.82. The van der Waals surface area contributed by atoms with Crippen molar-refractivity contribution >= 4 is 5.97 Å². The van der Waals surface area contributed by atoms with E-state index in [-0.39, 0.29) is 6.42 Å². The van der Waals surface area contributed by atoms with Gasteiger partial charge in [0, 0.05) is 11.3 Å². The predicted molar refractivity (Wildman–Crippen MR) is 55.8 cm³/mol. The molecule has 82 valence electrons. The second-order valence-corrected chi connectivity index (χ2v) is 3.39. The first-order valence-corrected chi connectivity index (χ1v) is 4.74. The van der Waals surface area contributed by atoms with Gasteiger partial charge >= 0.3 is 5.97 Å². The SMILES string of the molecule is Cc1cc(-c2occc2CC(=O)O)ncn1. The van der Waals surface area contributed by atoms with Crippen molar-refractivity contribution in [1.82, 2.24) is 9.97 Å².